The average Bonchev–Trinajstić information content (AvgIpc) is 3.07. The molecule has 0 aliphatic carbocycles. The number of ether oxygens (including phenoxy) is 1. The number of ketones is 1. The maximum Gasteiger partial charge on any atom is 0.327 e. The molecule has 1 unspecified atom stereocenters. The van der Waals surface area contributed by atoms with Gasteiger partial charge in [-0.05, 0) is 52.6 Å². The third-order valence-corrected chi connectivity index (χ3v) is 4.88. The van der Waals surface area contributed by atoms with Crippen molar-refractivity contribution < 1.29 is 14.3 Å². The van der Waals surface area contributed by atoms with Gasteiger partial charge in [-0.25, -0.2) is 0 Å². The van der Waals surface area contributed by atoms with Crippen molar-refractivity contribution >= 4 is 17.8 Å². The molecule has 0 amide bonds. The highest BCUT2D eigenvalue weighted by molar-refractivity contribution is 6.19. The first kappa shape index (κ1) is 18.9. The molecule has 1 aliphatic rings. The Hall–Kier alpha value is -4.48. The minimum Gasteiger partial charge on any atom is -0.422 e. The van der Waals surface area contributed by atoms with Crippen molar-refractivity contribution in [1.82, 2.24) is 0 Å². The molecular formula is C25H14N2O3. The summed E-state index contributed by atoms with van der Waals surface area (Å²) in [5.41, 5.74) is 4.21. The second kappa shape index (κ2) is 7.87. The lowest BCUT2D eigenvalue weighted by molar-refractivity contribution is -0.136. The topological polar surface area (TPSA) is 90.9 Å². The number of benzene rings is 3. The van der Waals surface area contributed by atoms with E-state index in [1.54, 1.807) is 42.5 Å². The lowest BCUT2D eigenvalue weighted by atomic mass is 9.94. The monoisotopic (exact) mass is 390 g/mol. The van der Waals surface area contributed by atoms with Crippen LogP contribution in [0.25, 0.3) is 17.2 Å². The summed E-state index contributed by atoms with van der Waals surface area (Å²) in [5.74, 6) is -2.03. The SMILES string of the molecule is N#Cc1ccc(-c2ccc(/C=C3\OC(=O)C(c4ccc(C#N)cc4)C3=O)cc2)cc1. The molecule has 0 saturated carbocycles. The number of nitriles is 2. The quantitative estimate of drug-likeness (QED) is 0.377. The summed E-state index contributed by atoms with van der Waals surface area (Å²) in [6.45, 7) is 0. The van der Waals surface area contributed by atoms with Gasteiger partial charge in [0.25, 0.3) is 0 Å². The maximum absolute atomic E-state index is 12.7. The predicted octanol–water partition coefficient (Wildman–Crippen LogP) is 4.35. The molecule has 0 radical (unpaired) electrons. The molecule has 4 rings (SSSR count). The Labute approximate surface area is 173 Å². The van der Waals surface area contributed by atoms with Gasteiger partial charge in [-0.2, -0.15) is 10.5 Å². The minimum atomic E-state index is -1.01. The van der Waals surface area contributed by atoms with E-state index in [1.807, 2.05) is 42.5 Å². The van der Waals surface area contributed by atoms with Crippen LogP contribution in [0.3, 0.4) is 0 Å². The lowest BCUT2D eigenvalue weighted by Gasteiger charge is -2.03. The van der Waals surface area contributed by atoms with Crippen molar-refractivity contribution in [3.05, 3.63) is 101 Å². The Morgan fingerprint density at radius 2 is 1.23 bits per heavy atom. The number of carbonyl (C=O) groups excluding carboxylic acids is 2. The van der Waals surface area contributed by atoms with Gasteiger partial charge in [0.15, 0.2) is 5.76 Å². The van der Waals surface area contributed by atoms with Crippen LogP contribution in [0, 0.1) is 22.7 Å². The van der Waals surface area contributed by atoms with Crippen LogP contribution in [0.4, 0.5) is 0 Å². The number of hydrogen-bond acceptors (Lipinski definition) is 5. The summed E-state index contributed by atoms with van der Waals surface area (Å²) < 4.78 is 5.22. The summed E-state index contributed by atoms with van der Waals surface area (Å²) in [4.78, 5) is 25.0. The van der Waals surface area contributed by atoms with Crippen molar-refractivity contribution in [3.63, 3.8) is 0 Å². The van der Waals surface area contributed by atoms with Crippen LogP contribution in [0.5, 0.6) is 0 Å². The predicted molar refractivity (Wildman–Crippen MR) is 110 cm³/mol. The van der Waals surface area contributed by atoms with E-state index in [1.165, 1.54) is 0 Å². The summed E-state index contributed by atoms with van der Waals surface area (Å²) in [6.07, 6.45) is 1.55. The van der Waals surface area contributed by atoms with Crippen LogP contribution in [-0.4, -0.2) is 11.8 Å². The van der Waals surface area contributed by atoms with E-state index in [9.17, 15) is 9.59 Å². The van der Waals surface area contributed by atoms with Gasteiger partial charge < -0.3 is 4.74 Å². The van der Waals surface area contributed by atoms with E-state index >= 15 is 0 Å². The van der Waals surface area contributed by atoms with Gasteiger partial charge >= 0.3 is 5.97 Å². The zero-order valence-electron chi connectivity index (χ0n) is 15.7. The first-order valence-corrected chi connectivity index (χ1v) is 9.17. The van der Waals surface area contributed by atoms with Crippen LogP contribution < -0.4 is 0 Å². The normalized spacial score (nSPS) is 16.7. The van der Waals surface area contributed by atoms with Crippen LogP contribution in [0.15, 0.2) is 78.6 Å². The summed E-state index contributed by atoms with van der Waals surface area (Å²) in [6, 6.07) is 25.1. The number of rotatable bonds is 3. The van der Waals surface area contributed by atoms with Gasteiger partial charge in [0.2, 0.25) is 5.78 Å². The average molecular weight is 390 g/mol. The fourth-order valence-electron chi connectivity index (χ4n) is 3.27. The van der Waals surface area contributed by atoms with Crippen LogP contribution in [0.2, 0.25) is 0 Å². The Kier molecular flexibility index (Phi) is 4.95. The number of nitrogens with zero attached hydrogens (tertiary/aromatic N) is 2. The summed E-state index contributed by atoms with van der Waals surface area (Å²) in [5, 5.41) is 17.8. The smallest absolute Gasteiger partial charge is 0.327 e. The molecule has 0 bridgehead atoms. The number of Topliss-reactive ketones (excluding diaryl/α,β-unsaturated/α-hetero) is 1. The largest absolute Gasteiger partial charge is 0.422 e. The summed E-state index contributed by atoms with van der Waals surface area (Å²) >= 11 is 0. The molecule has 0 N–H and O–H groups in total. The van der Waals surface area contributed by atoms with Crippen LogP contribution in [0.1, 0.15) is 28.2 Å². The number of carbonyl (C=O) groups is 2. The summed E-state index contributed by atoms with van der Waals surface area (Å²) in [7, 11) is 0. The molecular weight excluding hydrogens is 376 g/mol. The molecule has 142 valence electrons. The zero-order valence-corrected chi connectivity index (χ0v) is 15.7. The van der Waals surface area contributed by atoms with Gasteiger partial charge in [0, 0.05) is 0 Å². The highest BCUT2D eigenvalue weighted by atomic mass is 16.5. The van der Waals surface area contributed by atoms with E-state index in [-0.39, 0.29) is 5.76 Å². The molecule has 5 nitrogen and oxygen atoms in total. The first-order chi connectivity index (χ1) is 14.6. The number of cyclic esters (lactones) is 1. The van der Waals surface area contributed by atoms with E-state index < -0.39 is 17.7 Å². The Morgan fingerprint density at radius 1 is 0.733 bits per heavy atom. The molecule has 1 fully saturated rings. The number of hydrogen-bond donors (Lipinski definition) is 0. The van der Waals surface area contributed by atoms with Crippen molar-refractivity contribution in [3.8, 4) is 23.3 Å². The molecule has 1 saturated heterocycles. The highest BCUT2D eigenvalue weighted by Crippen LogP contribution is 2.31. The third-order valence-electron chi connectivity index (χ3n) is 4.88. The highest BCUT2D eigenvalue weighted by Gasteiger charge is 2.41. The third kappa shape index (κ3) is 3.61. The molecule has 1 atom stereocenters. The molecule has 5 heteroatoms. The van der Waals surface area contributed by atoms with Gasteiger partial charge in [0.05, 0.1) is 23.3 Å². The van der Waals surface area contributed by atoms with Crippen molar-refractivity contribution in [2.24, 2.45) is 0 Å². The first-order valence-electron chi connectivity index (χ1n) is 9.17. The standard InChI is InChI=1S/C25H14N2O3/c26-14-17-3-9-20(10-4-17)19-7-1-16(2-8-19)13-22-24(28)23(25(29)30-22)21-11-5-18(15-27)6-12-21/h1-13,23H/b22-13-. The molecule has 0 aromatic heterocycles. The lowest BCUT2D eigenvalue weighted by Crippen LogP contribution is -2.12. The zero-order chi connectivity index (χ0) is 21.1. The van der Waals surface area contributed by atoms with Crippen molar-refractivity contribution in [2.45, 2.75) is 5.92 Å². The second-order valence-corrected chi connectivity index (χ2v) is 6.77. The van der Waals surface area contributed by atoms with Crippen molar-refractivity contribution in [1.29, 1.82) is 10.5 Å². The van der Waals surface area contributed by atoms with Gasteiger partial charge in [0.1, 0.15) is 5.92 Å². The molecule has 3 aromatic rings. The van der Waals surface area contributed by atoms with E-state index in [0.29, 0.717) is 16.7 Å². The molecule has 1 aliphatic heterocycles. The number of allylic oxidation sites excluding steroid dienone is 1. The second-order valence-electron chi connectivity index (χ2n) is 6.77. The fraction of sp³-hybridized carbons (Fsp3) is 0.0400. The van der Waals surface area contributed by atoms with Crippen LogP contribution >= 0.6 is 0 Å². The Bertz CT molecular complexity index is 1240. The molecule has 3 aromatic carbocycles. The van der Waals surface area contributed by atoms with Gasteiger partial charge in [-0.3, -0.25) is 9.59 Å². The Morgan fingerprint density at radius 3 is 1.77 bits per heavy atom. The minimum absolute atomic E-state index is 0.000447. The van der Waals surface area contributed by atoms with E-state index in [0.717, 1.165) is 16.7 Å². The van der Waals surface area contributed by atoms with Crippen molar-refractivity contribution in [2.75, 3.05) is 0 Å². The van der Waals surface area contributed by atoms with Crippen LogP contribution in [-0.2, 0) is 14.3 Å². The molecule has 30 heavy (non-hydrogen) atoms. The molecule has 0 spiro atoms. The van der Waals surface area contributed by atoms with E-state index in [2.05, 4.69) is 6.07 Å². The molecule has 1 heterocycles. The maximum atomic E-state index is 12.7. The van der Waals surface area contributed by atoms with Gasteiger partial charge in [-0.1, -0.05) is 48.5 Å². The fourth-order valence-corrected chi connectivity index (χ4v) is 3.27. The van der Waals surface area contributed by atoms with Gasteiger partial charge in [-0.15, -0.1) is 0 Å². The van der Waals surface area contributed by atoms with E-state index in [4.69, 9.17) is 15.3 Å². The number of esters is 1. The Balaban J connectivity index is 1.55.